The lowest BCUT2D eigenvalue weighted by atomic mass is 10.2. The summed E-state index contributed by atoms with van der Waals surface area (Å²) in [5.74, 6) is -0.110. The highest BCUT2D eigenvalue weighted by Crippen LogP contribution is 2.31. The third-order valence-corrected chi connectivity index (χ3v) is 6.78. The van der Waals surface area contributed by atoms with E-state index in [0.717, 1.165) is 18.4 Å². The number of carbonyl (C=O) groups is 1. The molecule has 0 aromatic heterocycles. The Morgan fingerprint density at radius 1 is 1.14 bits per heavy atom. The summed E-state index contributed by atoms with van der Waals surface area (Å²) >= 11 is 6.02. The van der Waals surface area contributed by atoms with Crippen molar-refractivity contribution in [3.63, 3.8) is 0 Å². The van der Waals surface area contributed by atoms with Crippen molar-refractivity contribution in [2.75, 3.05) is 26.7 Å². The van der Waals surface area contributed by atoms with Gasteiger partial charge in [0.15, 0.2) is 6.61 Å². The Hall–Kier alpha value is -2.09. The highest BCUT2D eigenvalue weighted by molar-refractivity contribution is 7.89. The molecule has 28 heavy (non-hydrogen) atoms. The van der Waals surface area contributed by atoms with E-state index in [9.17, 15) is 13.2 Å². The van der Waals surface area contributed by atoms with Crippen molar-refractivity contribution >= 4 is 27.5 Å². The van der Waals surface area contributed by atoms with E-state index in [1.807, 2.05) is 30.3 Å². The molecule has 0 atom stereocenters. The van der Waals surface area contributed by atoms with E-state index in [-0.39, 0.29) is 23.2 Å². The number of benzene rings is 2. The number of hydrogen-bond donors (Lipinski definition) is 0. The minimum atomic E-state index is -3.71. The second-order valence-electron chi connectivity index (χ2n) is 6.73. The van der Waals surface area contributed by atoms with Gasteiger partial charge in [-0.2, -0.15) is 4.31 Å². The van der Waals surface area contributed by atoms with Gasteiger partial charge in [0, 0.05) is 31.7 Å². The highest BCUT2D eigenvalue weighted by atomic mass is 35.5. The summed E-state index contributed by atoms with van der Waals surface area (Å²) in [6.07, 6.45) is 1.66. The number of rotatable bonds is 7. The van der Waals surface area contributed by atoms with Crippen molar-refractivity contribution in [3.8, 4) is 5.75 Å². The van der Waals surface area contributed by atoms with Crippen LogP contribution in [0, 0.1) is 0 Å². The lowest BCUT2D eigenvalue weighted by molar-refractivity contribution is -0.132. The summed E-state index contributed by atoms with van der Waals surface area (Å²) in [6, 6.07) is 14.0. The van der Waals surface area contributed by atoms with E-state index in [1.54, 1.807) is 18.0 Å². The first-order chi connectivity index (χ1) is 13.4. The molecule has 6 nitrogen and oxygen atoms in total. The van der Waals surface area contributed by atoms with Gasteiger partial charge in [0.1, 0.15) is 10.6 Å². The van der Waals surface area contributed by atoms with Crippen LogP contribution in [0.5, 0.6) is 5.75 Å². The number of likely N-dealkylation sites (N-methyl/N-ethyl adjacent to an activating group) is 1. The highest BCUT2D eigenvalue weighted by Gasteiger charge is 2.30. The summed E-state index contributed by atoms with van der Waals surface area (Å²) in [7, 11) is -2.03. The molecular weight excluding hydrogens is 400 g/mol. The average Bonchev–Trinajstić information content (AvgIpc) is 3.23. The largest absolute Gasteiger partial charge is 0.482 e. The average molecular weight is 423 g/mol. The van der Waals surface area contributed by atoms with Crippen LogP contribution in [0.4, 0.5) is 0 Å². The van der Waals surface area contributed by atoms with Crippen molar-refractivity contribution in [2.45, 2.75) is 24.3 Å². The Balaban J connectivity index is 1.71. The van der Waals surface area contributed by atoms with Crippen LogP contribution in [0.2, 0.25) is 5.02 Å². The van der Waals surface area contributed by atoms with E-state index in [2.05, 4.69) is 0 Å². The van der Waals surface area contributed by atoms with Crippen LogP contribution >= 0.6 is 11.6 Å². The SMILES string of the molecule is CN(Cc1ccccc1)C(=O)COc1ccc(Cl)cc1S(=O)(=O)N1CCCC1. The fraction of sp³-hybridized carbons (Fsp3) is 0.350. The zero-order valence-electron chi connectivity index (χ0n) is 15.7. The molecule has 1 saturated heterocycles. The Labute approximate surface area is 170 Å². The number of amides is 1. The Kier molecular flexibility index (Phi) is 6.59. The first-order valence-corrected chi connectivity index (χ1v) is 10.9. The van der Waals surface area contributed by atoms with Crippen molar-refractivity contribution in [3.05, 3.63) is 59.1 Å². The summed E-state index contributed by atoms with van der Waals surface area (Å²) < 4.78 is 32.9. The van der Waals surface area contributed by atoms with Gasteiger partial charge in [0.2, 0.25) is 10.0 Å². The fourth-order valence-corrected chi connectivity index (χ4v) is 4.98. The summed E-state index contributed by atoms with van der Waals surface area (Å²) in [5.41, 5.74) is 1.00. The van der Waals surface area contributed by atoms with Crippen LogP contribution in [0.3, 0.4) is 0 Å². The topological polar surface area (TPSA) is 66.9 Å². The first-order valence-electron chi connectivity index (χ1n) is 9.08. The summed E-state index contributed by atoms with van der Waals surface area (Å²) in [4.78, 5) is 14.0. The van der Waals surface area contributed by atoms with E-state index in [0.29, 0.717) is 24.7 Å². The van der Waals surface area contributed by atoms with Crippen LogP contribution in [-0.2, 0) is 21.4 Å². The number of sulfonamides is 1. The van der Waals surface area contributed by atoms with Crippen LogP contribution in [0.15, 0.2) is 53.4 Å². The van der Waals surface area contributed by atoms with Crippen molar-refractivity contribution in [2.24, 2.45) is 0 Å². The number of ether oxygens (including phenoxy) is 1. The molecule has 1 amide bonds. The maximum Gasteiger partial charge on any atom is 0.260 e. The van der Waals surface area contributed by atoms with E-state index >= 15 is 0 Å². The molecule has 0 saturated carbocycles. The molecule has 0 unspecified atom stereocenters. The minimum Gasteiger partial charge on any atom is -0.482 e. The molecule has 0 bridgehead atoms. The van der Waals surface area contributed by atoms with Crippen LogP contribution in [0.25, 0.3) is 0 Å². The van der Waals surface area contributed by atoms with E-state index in [1.165, 1.54) is 16.4 Å². The standard InChI is InChI=1S/C20H23ClN2O4S/c1-22(14-16-7-3-2-4-8-16)20(24)15-27-18-10-9-17(21)13-19(18)28(25,26)23-11-5-6-12-23/h2-4,7-10,13H,5-6,11-12,14-15H2,1H3. The normalized spacial score (nSPS) is 14.8. The van der Waals surface area contributed by atoms with Crippen LogP contribution in [0.1, 0.15) is 18.4 Å². The van der Waals surface area contributed by atoms with Gasteiger partial charge in [-0.15, -0.1) is 0 Å². The minimum absolute atomic E-state index is 0.000382. The molecule has 3 rings (SSSR count). The van der Waals surface area contributed by atoms with Crippen molar-refractivity contribution in [1.29, 1.82) is 0 Å². The molecule has 150 valence electrons. The molecule has 0 N–H and O–H groups in total. The number of hydrogen-bond acceptors (Lipinski definition) is 4. The van der Waals surface area contributed by atoms with Gasteiger partial charge >= 0.3 is 0 Å². The molecule has 2 aromatic carbocycles. The van der Waals surface area contributed by atoms with Gasteiger partial charge in [-0.05, 0) is 36.6 Å². The molecular formula is C20H23ClN2O4S. The fourth-order valence-electron chi connectivity index (χ4n) is 3.07. The summed E-state index contributed by atoms with van der Waals surface area (Å²) in [5, 5.41) is 0.303. The van der Waals surface area contributed by atoms with Gasteiger partial charge in [0.05, 0.1) is 0 Å². The second-order valence-corrected chi connectivity index (χ2v) is 9.07. The van der Waals surface area contributed by atoms with Gasteiger partial charge in [-0.1, -0.05) is 41.9 Å². The van der Waals surface area contributed by atoms with Gasteiger partial charge < -0.3 is 9.64 Å². The Morgan fingerprint density at radius 2 is 1.82 bits per heavy atom. The maximum atomic E-state index is 12.9. The lowest BCUT2D eigenvalue weighted by Gasteiger charge is -2.20. The number of nitrogens with zero attached hydrogens (tertiary/aromatic N) is 2. The lowest BCUT2D eigenvalue weighted by Crippen LogP contribution is -2.32. The monoisotopic (exact) mass is 422 g/mol. The molecule has 0 radical (unpaired) electrons. The van der Waals surface area contributed by atoms with Gasteiger partial charge in [-0.25, -0.2) is 8.42 Å². The molecule has 1 aliphatic heterocycles. The zero-order valence-corrected chi connectivity index (χ0v) is 17.2. The number of carbonyl (C=O) groups excluding carboxylic acids is 1. The van der Waals surface area contributed by atoms with E-state index in [4.69, 9.17) is 16.3 Å². The predicted molar refractivity (Wildman–Crippen MR) is 108 cm³/mol. The van der Waals surface area contributed by atoms with Crippen LogP contribution < -0.4 is 4.74 Å². The molecule has 0 aliphatic carbocycles. The smallest absolute Gasteiger partial charge is 0.260 e. The molecule has 8 heteroatoms. The predicted octanol–water partition coefficient (Wildman–Crippen LogP) is 3.16. The van der Waals surface area contributed by atoms with Gasteiger partial charge in [-0.3, -0.25) is 4.79 Å². The first kappa shape index (κ1) is 20.6. The van der Waals surface area contributed by atoms with Crippen molar-refractivity contribution in [1.82, 2.24) is 9.21 Å². The Morgan fingerprint density at radius 3 is 2.50 bits per heavy atom. The van der Waals surface area contributed by atoms with Crippen molar-refractivity contribution < 1.29 is 17.9 Å². The quantitative estimate of drug-likeness (QED) is 0.687. The summed E-state index contributed by atoms with van der Waals surface area (Å²) in [6.45, 7) is 1.15. The molecule has 1 fully saturated rings. The second kappa shape index (κ2) is 8.94. The molecule has 2 aromatic rings. The third-order valence-electron chi connectivity index (χ3n) is 4.63. The maximum absolute atomic E-state index is 12.9. The molecule has 1 heterocycles. The molecule has 1 aliphatic rings. The number of halogens is 1. The van der Waals surface area contributed by atoms with Gasteiger partial charge in [0.25, 0.3) is 5.91 Å². The Bertz CT molecular complexity index is 928. The van der Waals surface area contributed by atoms with Crippen LogP contribution in [-0.4, -0.2) is 50.3 Å². The third kappa shape index (κ3) is 4.84. The van der Waals surface area contributed by atoms with E-state index < -0.39 is 10.0 Å². The molecule has 0 spiro atoms. The zero-order chi connectivity index (χ0) is 20.1.